The molecule has 0 saturated carbocycles. The summed E-state index contributed by atoms with van der Waals surface area (Å²) in [6.07, 6.45) is -4.44. The Hall–Kier alpha value is -3.93. The van der Waals surface area contributed by atoms with Gasteiger partial charge in [-0.1, -0.05) is 0 Å². The summed E-state index contributed by atoms with van der Waals surface area (Å²) in [5.41, 5.74) is 0.621. The van der Waals surface area contributed by atoms with E-state index >= 15 is 0 Å². The first-order valence-electron chi connectivity index (χ1n) is 7.95. The van der Waals surface area contributed by atoms with E-state index in [1.807, 2.05) is 6.07 Å². The average molecular weight is 383 g/mol. The van der Waals surface area contributed by atoms with Crippen LogP contribution in [0, 0.1) is 11.3 Å². The molecule has 0 unspecified atom stereocenters. The number of hydrogen-bond donors (Lipinski definition) is 2. The maximum Gasteiger partial charge on any atom is 0.416 e. The molecule has 0 bridgehead atoms. The van der Waals surface area contributed by atoms with Gasteiger partial charge in [0.05, 0.1) is 17.2 Å². The minimum atomic E-state index is -4.44. The molecule has 0 saturated heterocycles. The number of amides is 1. The molecule has 0 aliphatic carbocycles. The van der Waals surface area contributed by atoms with E-state index in [0.29, 0.717) is 17.1 Å². The molecule has 0 fully saturated rings. The van der Waals surface area contributed by atoms with Crippen molar-refractivity contribution < 1.29 is 18.0 Å². The van der Waals surface area contributed by atoms with E-state index in [9.17, 15) is 18.0 Å². The summed E-state index contributed by atoms with van der Waals surface area (Å²) in [5.74, 6) is -0.215. The number of alkyl halides is 3. The van der Waals surface area contributed by atoms with E-state index in [1.165, 1.54) is 12.1 Å². The summed E-state index contributed by atoms with van der Waals surface area (Å²) >= 11 is 0. The number of carbonyl (C=O) groups excluding carboxylic acids is 1. The molecule has 9 heteroatoms. The van der Waals surface area contributed by atoms with Crippen LogP contribution in [0.4, 0.5) is 30.4 Å². The minimum Gasteiger partial charge on any atom is -0.339 e. The lowest BCUT2D eigenvalue weighted by Crippen LogP contribution is -2.15. The number of nitriles is 1. The number of nitrogens with one attached hydrogen (secondary N) is 2. The van der Waals surface area contributed by atoms with E-state index < -0.39 is 17.6 Å². The zero-order valence-electron chi connectivity index (χ0n) is 14.2. The molecular formula is C19H12F3N5O. The number of carbonyl (C=O) groups is 1. The van der Waals surface area contributed by atoms with E-state index in [2.05, 4.69) is 20.8 Å². The molecule has 1 amide bonds. The van der Waals surface area contributed by atoms with Crippen LogP contribution in [0.3, 0.4) is 0 Å². The number of rotatable bonds is 4. The molecule has 140 valence electrons. The van der Waals surface area contributed by atoms with Crippen molar-refractivity contribution >= 4 is 23.1 Å². The largest absolute Gasteiger partial charge is 0.416 e. The fraction of sp³-hybridized carbons (Fsp3) is 0.0526. The molecule has 2 aromatic carbocycles. The Morgan fingerprint density at radius 3 is 2.07 bits per heavy atom. The highest BCUT2D eigenvalue weighted by Crippen LogP contribution is 2.29. The van der Waals surface area contributed by atoms with Gasteiger partial charge >= 0.3 is 6.18 Å². The van der Waals surface area contributed by atoms with Crippen LogP contribution in [0.2, 0.25) is 0 Å². The number of hydrogen-bond acceptors (Lipinski definition) is 5. The fourth-order valence-corrected chi connectivity index (χ4v) is 2.23. The predicted octanol–water partition coefficient (Wildman–Crippen LogP) is 4.36. The van der Waals surface area contributed by atoms with E-state index in [1.54, 1.807) is 24.3 Å². The van der Waals surface area contributed by atoms with Gasteiger partial charge in [0.1, 0.15) is 0 Å². The highest BCUT2D eigenvalue weighted by atomic mass is 19.4. The summed E-state index contributed by atoms with van der Waals surface area (Å²) in [7, 11) is 0. The quantitative estimate of drug-likeness (QED) is 0.698. The molecule has 3 aromatic rings. The summed E-state index contributed by atoms with van der Waals surface area (Å²) in [6, 6.07) is 15.7. The van der Waals surface area contributed by atoms with Crippen molar-refractivity contribution in [1.82, 2.24) is 10.2 Å². The van der Waals surface area contributed by atoms with Crippen LogP contribution < -0.4 is 10.6 Å². The van der Waals surface area contributed by atoms with Crippen molar-refractivity contribution in [1.29, 1.82) is 5.26 Å². The average Bonchev–Trinajstić information content (AvgIpc) is 2.69. The maximum absolute atomic E-state index is 12.6. The minimum absolute atomic E-state index is 0.00489. The van der Waals surface area contributed by atoms with Crippen LogP contribution in [0.25, 0.3) is 0 Å². The fourth-order valence-electron chi connectivity index (χ4n) is 2.23. The Labute approximate surface area is 157 Å². The van der Waals surface area contributed by atoms with Crippen molar-refractivity contribution in [2.75, 3.05) is 10.6 Å². The molecule has 0 aliphatic rings. The first kappa shape index (κ1) is 18.8. The second-order valence-corrected chi connectivity index (χ2v) is 5.65. The first-order valence-corrected chi connectivity index (χ1v) is 7.95. The Balaban J connectivity index is 1.64. The molecule has 0 atom stereocenters. The van der Waals surface area contributed by atoms with E-state index in [0.717, 1.165) is 24.3 Å². The maximum atomic E-state index is 12.6. The molecule has 0 radical (unpaired) electrons. The lowest BCUT2D eigenvalue weighted by Gasteiger charge is -2.09. The Morgan fingerprint density at radius 2 is 1.54 bits per heavy atom. The molecule has 1 heterocycles. The van der Waals surface area contributed by atoms with Crippen LogP contribution in [-0.2, 0) is 6.18 Å². The van der Waals surface area contributed by atoms with Gasteiger partial charge in [0.25, 0.3) is 5.91 Å². The molecule has 28 heavy (non-hydrogen) atoms. The lowest BCUT2D eigenvalue weighted by atomic mass is 10.2. The van der Waals surface area contributed by atoms with Crippen molar-refractivity contribution in [3.8, 4) is 6.07 Å². The van der Waals surface area contributed by atoms with Crippen LogP contribution in [-0.4, -0.2) is 16.1 Å². The normalized spacial score (nSPS) is 10.8. The smallest absolute Gasteiger partial charge is 0.339 e. The second-order valence-electron chi connectivity index (χ2n) is 5.65. The summed E-state index contributed by atoms with van der Waals surface area (Å²) in [4.78, 5) is 12.1. The van der Waals surface area contributed by atoms with Gasteiger partial charge < -0.3 is 10.6 Å². The van der Waals surface area contributed by atoms with Crippen LogP contribution in [0.5, 0.6) is 0 Å². The predicted molar refractivity (Wildman–Crippen MR) is 95.9 cm³/mol. The molecule has 3 rings (SSSR count). The topological polar surface area (TPSA) is 90.7 Å². The van der Waals surface area contributed by atoms with Gasteiger partial charge in [-0.25, -0.2) is 0 Å². The number of nitrogens with zero attached hydrogens (tertiary/aromatic N) is 3. The van der Waals surface area contributed by atoms with Crippen molar-refractivity contribution in [2.45, 2.75) is 6.18 Å². The Morgan fingerprint density at radius 1 is 0.893 bits per heavy atom. The summed E-state index contributed by atoms with van der Waals surface area (Å²) in [5, 5.41) is 21.9. The van der Waals surface area contributed by atoms with Gasteiger partial charge in [-0.05, 0) is 60.7 Å². The Kier molecular flexibility index (Phi) is 5.22. The van der Waals surface area contributed by atoms with Crippen LogP contribution in [0.15, 0.2) is 60.7 Å². The van der Waals surface area contributed by atoms with Crippen molar-refractivity contribution in [2.24, 2.45) is 0 Å². The summed E-state index contributed by atoms with van der Waals surface area (Å²) in [6.45, 7) is 0. The van der Waals surface area contributed by atoms with Gasteiger partial charge in [0.2, 0.25) is 0 Å². The van der Waals surface area contributed by atoms with Crippen molar-refractivity contribution in [3.05, 3.63) is 77.5 Å². The summed E-state index contributed by atoms with van der Waals surface area (Å²) < 4.78 is 37.7. The Bertz CT molecular complexity index is 1010. The molecular weight excluding hydrogens is 371 g/mol. The van der Waals surface area contributed by atoms with E-state index in [4.69, 9.17) is 5.26 Å². The third-order valence-electron chi connectivity index (χ3n) is 3.65. The van der Waals surface area contributed by atoms with E-state index in [-0.39, 0.29) is 11.4 Å². The van der Waals surface area contributed by atoms with Gasteiger partial charge in [-0.3, -0.25) is 4.79 Å². The number of anilines is 3. The van der Waals surface area contributed by atoms with Crippen LogP contribution >= 0.6 is 0 Å². The molecule has 0 spiro atoms. The number of aromatic nitrogens is 2. The highest BCUT2D eigenvalue weighted by molar-refractivity contribution is 6.02. The SMILES string of the molecule is N#Cc1ccc(Nc2ccc(C(=O)Nc3ccc(C(F)(F)F)cc3)nn2)cc1. The highest BCUT2D eigenvalue weighted by Gasteiger charge is 2.30. The second kappa shape index (κ2) is 7.75. The third kappa shape index (κ3) is 4.62. The van der Waals surface area contributed by atoms with Gasteiger partial charge in [0.15, 0.2) is 11.5 Å². The first-order chi connectivity index (χ1) is 13.3. The van der Waals surface area contributed by atoms with Gasteiger partial charge in [-0.2, -0.15) is 18.4 Å². The van der Waals surface area contributed by atoms with Gasteiger partial charge in [-0.15, -0.1) is 10.2 Å². The standard InChI is InChI=1S/C19H12F3N5O/c20-19(21,22)13-3-7-15(8-4-13)25-18(28)16-9-10-17(27-26-16)24-14-5-1-12(11-23)2-6-14/h1-10H,(H,24,27)(H,25,28). The molecule has 0 aliphatic heterocycles. The van der Waals surface area contributed by atoms with Gasteiger partial charge in [0, 0.05) is 11.4 Å². The molecule has 2 N–H and O–H groups in total. The van der Waals surface area contributed by atoms with Crippen LogP contribution in [0.1, 0.15) is 21.6 Å². The monoisotopic (exact) mass is 383 g/mol. The zero-order chi connectivity index (χ0) is 20.1. The lowest BCUT2D eigenvalue weighted by molar-refractivity contribution is -0.137. The molecule has 1 aromatic heterocycles. The zero-order valence-corrected chi connectivity index (χ0v) is 14.2. The van der Waals surface area contributed by atoms with Crippen molar-refractivity contribution in [3.63, 3.8) is 0 Å². The molecule has 6 nitrogen and oxygen atoms in total. The third-order valence-corrected chi connectivity index (χ3v) is 3.65. The number of benzene rings is 2. The number of halogens is 3.